The molecule has 0 saturated carbocycles. The summed E-state index contributed by atoms with van der Waals surface area (Å²) in [6.45, 7) is 2.99. The third-order valence-electron chi connectivity index (χ3n) is 3.25. The minimum absolute atomic E-state index is 0.195. The Morgan fingerprint density at radius 2 is 2.17 bits per heavy atom. The van der Waals surface area contributed by atoms with Gasteiger partial charge in [-0.05, 0) is 36.6 Å². The van der Waals surface area contributed by atoms with Gasteiger partial charge in [-0.3, -0.25) is 4.72 Å². The van der Waals surface area contributed by atoms with Crippen LogP contribution in [-0.4, -0.2) is 27.8 Å². The molecule has 1 aliphatic heterocycles. The molecular weight excluding hydrogens is 248 g/mol. The van der Waals surface area contributed by atoms with E-state index in [9.17, 15) is 8.42 Å². The Balaban J connectivity index is 2.12. The zero-order chi connectivity index (χ0) is 13.2. The summed E-state index contributed by atoms with van der Waals surface area (Å²) in [6.07, 6.45) is 2.56. The molecule has 100 valence electrons. The number of benzene rings is 1. The molecule has 0 radical (unpaired) electrons. The topological polar surface area (TPSA) is 49.4 Å². The molecule has 5 heteroatoms. The van der Waals surface area contributed by atoms with Crippen LogP contribution in [0.5, 0.6) is 0 Å². The number of unbranched alkanes of at least 4 members (excludes halogenated alkanes) is 1. The highest BCUT2D eigenvalue weighted by molar-refractivity contribution is 7.92. The molecule has 1 N–H and O–H groups in total. The maximum Gasteiger partial charge on any atom is 0.232 e. The van der Waals surface area contributed by atoms with Gasteiger partial charge >= 0.3 is 0 Å². The quantitative estimate of drug-likeness (QED) is 0.891. The van der Waals surface area contributed by atoms with Crippen molar-refractivity contribution in [3.8, 4) is 0 Å². The van der Waals surface area contributed by atoms with Gasteiger partial charge in [0.2, 0.25) is 10.0 Å². The molecule has 0 spiro atoms. The second-order valence-corrected chi connectivity index (χ2v) is 6.63. The highest BCUT2D eigenvalue weighted by atomic mass is 32.2. The molecule has 0 fully saturated rings. The maximum atomic E-state index is 11.8. The Kier molecular flexibility index (Phi) is 3.80. The molecule has 1 aliphatic rings. The molecule has 0 amide bonds. The second kappa shape index (κ2) is 5.18. The van der Waals surface area contributed by atoms with Crippen LogP contribution in [0.2, 0.25) is 0 Å². The summed E-state index contributed by atoms with van der Waals surface area (Å²) in [6, 6.07) is 5.77. The Labute approximate surface area is 109 Å². The first-order valence-electron chi connectivity index (χ1n) is 6.36. The van der Waals surface area contributed by atoms with E-state index in [1.54, 1.807) is 0 Å². The SMILES string of the molecule is CCCCS(=O)(=O)Nc1ccc2c(c1)CCN2C. The van der Waals surface area contributed by atoms with Crippen molar-refractivity contribution < 1.29 is 8.42 Å². The highest BCUT2D eigenvalue weighted by Crippen LogP contribution is 2.29. The third-order valence-corrected chi connectivity index (χ3v) is 4.62. The summed E-state index contributed by atoms with van der Waals surface area (Å²) < 4.78 is 26.3. The van der Waals surface area contributed by atoms with Gasteiger partial charge in [0.25, 0.3) is 0 Å². The van der Waals surface area contributed by atoms with Gasteiger partial charge in [-0.15, -0.1) is 0 Å². The lowest BCUT2D eigenvalue weighted by Crippen LogP contribution is -2.16. The molecule has 1 aromatic rings. The van der Waals surface area contributed by atoms with Gasteiger partial charge in [0.05, 0.1) is 5.75 Å². The first-order valence-corrected chi connectivity index (χ1v) is 8.01. The molecule has 0 aromatic heterocycles. The lowest BCUT2D eigenvalue weighted by atomic mass is 10.1. The number of likely N-dealkylation sites (N-methyl/N-ethyl adjacent to an activating group) is 1. The first-order chi connectivity index (χ1) is 8.52. The van der Waals surface area contributed by atoms with Gasteiger partial charge in [0, 0.05) is 25.0 Å². The Bertz CT molecular complexity index is 526. The fourth-order valence-electron chi connectivity index (χ4n) is 2.20. The van der Waals surface area contributed by atoms with Crippen molar-refractivity contribution in [2.45, 2.75) is 26.2 Å². The summed E-state index contributed by atoms with van der Waals surface area (Å²) in [5, 5.41) is 0. The number of nitrogens with zero attached hydrogens (tertiary/aromatic N) is 1. The van der Waals surface area contributed by atoms with Crippen molar-refractivity contribution in [1.82, 2.24) is 0 Å². The minimum Gasteiger partial charge on any atom is -0.374 e. The van der Waals surface area contributed by atoms with Crippen molar-refractivity contribution in [1.29, 1.82) is 0 Å². The van der Waals surface area contributed by atoms with E-state index in [4.69, 9.17) is 0 Å². The van der Waals surface area contributed by atoms with E-state index in [0.29, 0.717) is 12.1 Å². The predicted molar refractivity (Wildman–Crippen MR) is 75.7 cm³/mol. The van der Waals surface area contributed by atoms with Crippen LogP contribution in [0.3, 0.4) is 0 Å². The number of rotatable bonds is 5. The maximum absolute atomic E-state index is 11.8. The molecule has 0 saturated heterocycles. The van der Waals surface area contributed by atoms with Crippen LogP contribution in [0.1, 0.15) is 25.3 Å². The van der Waals surface area contributed by atoms with Crippen LogP contribution in [-0.2, 0) is 16.4 Å². The average Bonchev–Trinajstić information content (AvgIpc) is 2.68. The smallest absolute Gasteiger partial charge is 0.232 e. The molecule has 0 unspecified atom stereocenters. The predicted octanol–water partition coefficient (Wildman–Crippen LogP) is 2.22. The van der Waals surface area contributed by atoms with Crippen LogP contribution in [0.15, 0.2) is 18.2 Å². The fourth-order valence-corrected chi connectivity index (χ4v) is 3.45. The normalized spacial score (nSPS) is 14.7. The lowest BCUT2D eigenvalue weighted by Gasteiger charge is -2.13. The zero-order valence-corrected chi connectivity index (χ0v) is 11.8. The molecule has 4 nitrogen and oxygen atoms in total. The van der Waals surface area contributed by atoms with Crippen LogP contribution in [0, 0.1) is 0 Å². The van der Waals surface area contributed by atoms with Gasteiger partial charge in [-0.25, -0.2) is 8.42 Å². The molecule has 1 heterocycles. The summed E-state index contributed by atoms with van der Waals surface area (Å²) in [4.78, 5) is 2.19. The number of fused-ring (bicyclic) bond motifs is 1. The number of nitrogens with one attached hydrogen (secondary N) is 1. The van der Waals surface area contributed by atoms with Gasteiger partial charge in [-0.1, -0.05) is 13.3 Å². The van der Waals surface area contributed by atoms with Gasteiger partial charge in [0.1, 0.15) is 0 Å². The summed E-state index contributed by atoms with van der Waals surface area (Å²) >= 11 is 0. The molecule has 18 heavy (non-hydrogen) atoms. The molecule has 1 aromatic carbocycles. The van der Waals surface area contributed by atoms with Crippen molar-refractivity contribution in [2.75, 3.05) is 29.0 Å². The van der Waals surface area contributed by atoms with Crippen molar-refractivity contribution in [3.63, 3.8) is 0 Å². The molecule has 0 aliphatic carbocycles. The second-order valence-electron chi connectivity index (χ2n) is 4.79. The number of sulfonamides is 1. The Hall–Kier alpha value is -1.23. The first kappa shape index (κ1) is 13.2. The van der Waals surface area contributed by atoms with Crippen LogP contribution in [0.4, 0.5) is 11.4 Å². The molecule has 0 atom stereocenters. The standard InChI is InChI=1S/C13H20N2O2S/c1-3-4-9-18(16,17)14-12-5-6-13-11(10-12)7-8-15(13)2/h5-6,10,14H,3-4,7-9H2,1-2H3. The van der Waals surface area contributed by atoms with Crippen molar-refractivity contribution >= 4 is 21.4 Å². The van der Waals surface area contributed by atoms with E-state index in [-0.39, 0.29) is 5.75 Å². The van der Waals surface area contributed by atoms with E-state index in [2.05, 4.69) is 16.7 Å². The highest BCUT2D eigenvalue weighted by Gasteiger charge is 2.17. The summed E-state index contributed by atoms with van der Waals surface area (Å²) in [7, 11) is -1.14. The van der Waals surface area contributed by atoms with E-state index in [1.165, 1.54) is 11.3 Å². The zero-order valence-electron chi connectivity index (χ0n) is 10.9. The van der Waals surface area contributed by atoms with E-state index in [0.717, 1.165) is 19.4 Å². The lowest BCUT2D eigenvalue weighted by molar-refractivity contribution is 0.598. The molecule has 2 rings (SSSR count). The summed E-state index contributed by atoms with van der Waals surface area (Å²) in [5.41, 5.74) is 3.10. The largest absolute Gasteiger partial charge is 0.374 e. The van der Waals surface area contributed by atoms with Crippen LogP contribution >= 0.6 is 0 Å². The fraction of sp³-hybridized carbons (Fsp3) is 0.538. The van der Waals surface area contributed by atoms with Crippen LogP contribution < -0.4 is 9.62 Å². The molecule has 0 bridgehead atoms. The van der Waals surface area contributed by atoms with Gasteiger partial charge in [0.15, 0.2) is 0 Å². The number of anilines is 2. The Morgan fingerprint density at radius 3 is 2.89 bits per heavy atom. The van der Waals surface area contributed by atoms with E-state index < -0.39 is 10.0 Å². The van der Waals surface area contributed by atoms with E-state index in [1.807, 2.05) is 25.1 Å². The molecular formula is C13H20N2O2S. The average molecular weight is 268 g/mol. The number of hydrogen-bond acceptors (Lipinski definition) is 3. The number of hydrogen-bond donors (Lipinski definition) is 1. The monoisotopic (exact) mass is 268 g/mol. The minimum atomic E-state index is -3.19. The third kappa shape index (κ3) is 2.96. The van der Waals surface area contributed by atoms with E-state index >= 15 is 0 Å². The van der Waals surface area contributed by atoms with Gasteiger partial charge < -0.3 is 4.90 Å². The van der Waals surface area contributed by atoms with Crippen molar-refractivity contribution in [3.05, 3.63) is 23.8 Å². The van der Waals surface area contributed by atoms with Crippen LogP contribution in [0.25, 0.3) is 0 Å². The van der Waals surface area contributed by atoms with Gasteiger partial charge in [-0.2, -0.15) is 0 Å². The Morgan fingerprint density at radius 1 is 1.39 bits per heavy atom. The van der Waals surface area contributed by atoms with Crippen molar-refractivity contribution in [2.24, 2.45) is 0 Å². The summed E-state index contributed by atoms with van der Waals surface area (Å²) in [5.74, 6) is 0.195.